The van der Waals surface area contributed by atoms with Crippen molar-refractivity contribution in [2.24, 2.45) is 0 Å². The Morgan fingerprint density at radius 3 is 1.56 bits per heavy atom. The molecule has 222 valence electrons. The Kier molecular flexibility index (Phi) is 6.22. The van der Waals surface area contributed by atoms with Gasteiger partial charge in [0.05, 0.1) is 34.2 Å². The van der Waals surface area contributed by atoms with Gasteiger partial charge < -0.3 is 9.13 Å². The summed E-state index contributed by atoms with van der Waals surface area (Å²) in [5.41, 5.74) is 11.0. The summed E-state index contributed by atoms with van der Waals surface area (Å²) < 4.78 is 4.53. The van der Waals surface area contributed by atoms with Gasteiger partial charge in [-0.3, -0.25) is 0 Å². The minimum absolute atomic E-state index is 0.546. The summed E-state index contributed by atoms with van der Waals surface area (Å²) in [7, 11) is 0. The highest BCUT2D eigenvalue weighted by Crippen LogP contribution is 2.41. The Morgan fingerprint density at radius 1 is 0.479 bits per heavy atom. The van der Waals surface area contributed by atoms with E-state index in [1.165, 1.54) is 10.8 Å². The molecule has 4 nitrogen and oxygen atoms in total. The van der Waals surface area contributed by atoms with Gasteiger partial charge in [0.2, 0.25) is 0 Å². The number of nitrogens with zero attached hydrogens (tertiary/aromatic N) is 4. The van der Waals surface area contributed by atoms with E-state index in [9.17, 15) is 5.26 Å². The third-order valence-corrected chi connectivity index (χ3v) is 9.39. The molecule has 0 radical (unpaired) electrons. The fraction of sp³-hybridized carbons (Fsp3) is 0. The molecule has 0 aliphatic heterocycles. The summed E-state index contributed by atoms with van der Waals surface area (Å²) in [5.74, 6) is 0. The average molecular weight is 611 g/mol. The zero-order valence-electron chi connectivity index (χ0n) is 25.8. The van der Waals surface area contributed by atoms with E-state index < -0.39 is 0 Å². The topological polar surface area (TPSA) is 38.0 Å². The van der Waals surface area contributed by atoms with Crippen LogP contribution in [0.15, 0.2) is 158 Å². The molecule has 0 saturated carbocycles. The van der Waals surface area contributed by atoms with Gasteiger partial charge in [-0.15, -0.1) is 0 Å². The molecule has 2 aromatic heterocycles. The van der Waals surface area contributed by atoms with Crippen molar-refractivity contribution in [1.82, 2.24) is 9.13 Å². The Labute approximate surface area is 277 Å². The van der Waals surface area contributed by atoms with Gasteiger partial charge in [0, 0.05) is 49.6 Å². The first kappa shape index (κ1) is 27.4. The highest BCUT2D eigenvalue weighted by molar-refractivity contribution is 6.10. The lowest BCUT2D eigenvalue weighted by molar-refractivity contribution is 1.18. The monoisotopic (exact) mass is 610 g/mol. The first-order valence-corrected chi connectivity index (χ1v) is 15.9. The van der Waals surface area contributed by atoms with E-state index in [2.05, 4.69) is 129 Å². The third-order valence-electron chi connectivity index (χ3n) is 9.39. The fourth-order valence-corrected chi connectivity index (χ4v) is 7.34. The van der Waals surface area contributed by atoms with Crippen LogP contribution >= 0.6 is 0 Å². The van der Waals surface area contributed by atoms with Crippen molar-refractivity contribution in [3.8, 4) is 39.7 Å². The molecule has 0 unspecified atom stereocenters. The smallest absolute Gasteiger partial charge is 0.189 e. The third kappa shape index (κ3) is 4.07. The number of nitriles is 1. The van der Waals surface area contributed by atoms with E-state index in [-0.39, 0.29) is 0 Å². The van der Waals surface area contributed by atoms with Gasteiger partial charge in [0.15, 0.2) is 5.69 Å². The van der Waals surface area contributed by atoms with Crippen LogP contribution in [-0.2, 0) is 0 Å². The van der Waals surface area contributed by atoms with E-state index in [4.69, 9.17) is 6.57 Å². The first-order valence-electron chi connectivity index (χ1n) is 15.9. The van der Waals surface area contributed by atoms with Crippen molar-refractivity contribution in [3.63, 3.8) is 0 Å². The Morgan fingerprint density at radius 2 is 1.00 bits per heavy atom. The Hall–Kier alpha value is -6.88. The maximum Gasteiger partial charge on any atom is 0.189 e. The summed E-state index contributed by atoms with van der Waals surface area (Å²) in [6.07, 6.45) is 0. The molecule has 48 heavy (non-hydrogen) atoms. The lowest BCUT2D eigenvalue weighted by Crippen LogP contribution is -1.99. The summed E-state index contributed by atoms with van der Waals surface area (Å²) in [5, 5.41) is 15.5. The first-order chi connectivity index (χ1) is 23.7. The second kappa shape index (κ2) is 10.9. The molecule has 0 aliphatic rings. The number of rotatable bonds is 4. The molecule has 0 N–H and O–H groups in total. The van der Waals surface area contributed by atoms with Crippen molar-refractivity contribution in [3.05, 3.63) is 175 Å². The number of fused-ring (bicyclic) bond motifs is 6. The van der Waals surface area contributed by atoms with Crippen molar-refractivity contribution in [2.45, 2.75) is 0 Å². The molecule has 0 atom stereocenters. The van der Waals surface area contributed by atoms with Gasteiger partial charge in [0.1, 0.15) is 6.07 Å². The molecule has 0 spiro atoms. The highest BCUT2D eigenvalue weighted by atomic mass is 15.0. The molecule has 2 heterocycles. The maximum atomic E-state index is 10.8. The van der Waals surface area contributed by atoms with Crippen molar-refractivity contribution < 1.29 is 0 Å². The largest absolute Gasteiger partial charge is 0.310 e. The number of aromatic nitrogens is 2. The second-order valence-corrected chi connectivity index (χ2v) is 11.9. The average Bonchev–Trinajstić information content (AvgIpc) is 3.67. The van der Waals surface area contributed by atoms with Gasteiger partial charge in [0.25, 0.3) is 0 Å². The summed E-state index contributed by atoms with van der Waals surface area (Å²) >= 11 is 0. The van der Waals surface area contributed by atoms with Gasteiger partial charge in [-0.05, 0) is 48.0 Å². The van der Waals surface area contributed by atoms with Gasteiger partial charge in [-0.1, -0.05) is 115 Å². The van der Waals surface area contributed by atoms with Crippen molar-refractivity contribution in [1.29, 1.82) is 5.26 Å². The van der Waals surface area contributed by atoms with Crippen LogP contribution in [0.5, 0.6) is 0 Å². The molecule has 0 bridgehead atoms. The molecular formula is C44H26N4. The van der Waals surface area contributed by atoms with Crippen LogP contribution in [0.3, 0.4) is 0 Å². The Balaban J connectivity index is 1.27. The molecule has 9 aromatic rings. The molecular weight excluding hydrogens is 585 g/mol. The molecule has 0 aliphatic carbocycles. The van der Waals surface area contributed by atoms with Crippen LogP contribution in [-0.4, -0.2) is 9.13 Å². The summed E-state index contributed by atoms with van der Waals surface area (Å²) in [6.45, 7) is 7.83. The Bertz CT molecular complexity index is 2710. The predicted molar refractivity (Wildman–Crippen MR) is 197 cm³/mol. The normalized spacial score (nSPS) is 11.3. The predicted octanol–water partition coefficient (Wildman–Crippen LogP) is 11.6. The lowest BCUT2D eigenvalue weighted by Gasteiger charge is -2.17. The maximum absolute atomic E-state index is 10.8. The zero-order chi connectivity index (χ0) is 32.2. The van der Waals surface area contributed by atoms with E-state index in [1.54, 1.807) is 0 Å². The standard InChI is InChI=1S/C44H26N4/c1-46-30-24-25-38(44(27-30)48-42-22-8-4-16-36(42)37-17-5-9-23-43(37)48)33-19-11-18-32(39(33)28-45)29-12-10-13-31(26-29)47-40-20-6-2-14-34(40)35-15-3-7-21-41(35)47/h2-27H. The molecule has 7 aromatic carbocycles. The fourth-order valence-electron chi connectivity index (χ4n) is 7.34. The van der Waals surface area contributed by atoms with E-state index in [0.29, 0.717) is 11.3 Å². The van der Waals surface area contributed by atoms with E-state index >= 15 is 0 Å². The number of para-hydroxylation sites is 4. The van der Waals surface area contributed by atoms with Gasteiger partial charge in [-0.25, -0.2) is 4.85 Å². The van der Waals surface area contributed by atoms with Crippen LogP contribution in [0.2, 0.25) is 0 Å². The quantitative estimate of drug-likeness (QED) is 0.183. The lowest BCUT2D eigenvalue weighted by atomic mass is 9.91. The summed E-state index contributed by atoms with van der Waals surface area (Å²) in [4.78, 5) is 3.79. The van der Waals surface area contributed by atoms with Crippen LogP contribution < -0.4 is 0 Å². The minimum Gasteiger partial charge on any atom is -0.310 e. The zero-order valence-corrected chi connectivity index (χ0v) is 25.8. The summed E-state index contributed by atoms with van der Waals surface area (Å²) in [6, 6.07) is 56.5. The van der Waals surface area contributed by atoms with E-state index in [0.717, 1.165) is 66.5 Å². The number of hydrogen-bond donors (Lipinski definition) is 0. The van der Waals surface area contributed by atoms with Crippen molar-refractivity contribution in [2.75, 3.05) is 0 Å². The molecule has 9 rings (SSSR count). The van der Waals surface area contributed by atoms with Crippen LogP contribution in [0.4, 0.5) is 5.69 Å². The van der Waals surface area contributed by atoms with Crippen LogP contribution in [0.1, 0.15) is 5.56 Å². The van der Waals surface area contributed by atoms with E-state index in [1.807, 2.05) is 48.5 Å². The van der Waals surface area contributed by atoms with Crippen LogP contribution in [0, 0.1) is 17.9 Å². The molecule has 0 amide bonds. The van der Waals surface area contributed by atoms with Crippen LogP contribution in [0.25, 0.3) is 82.1 Å². The van der Waals surface area contributed by atoms with Crippen molar-refractivity contribution >= 4 is 49.3 Å². The molecule has 0 fully saturated rings. The SMILES string of the molecule is [C-]#[N+]c1ccc(-c2cccc(-c3cccc(-n4c5ccccc5c5ccccc54)c3)c2C#N)c(-n2c3ccccc3c3ccccc32)c1. The minimum atomic E-state index is 0.546. The molecule has 4 heteroatoms. The van der Waals surface area contributed by atoms with Gasteiger partial charge >= 0.3 is 0 Å². The number of hydrogen-bond acceptors (Lipinski definition) is 1. The highest BCUT2D eigenvalue weighted by Gasteiger charge is 2.20. The second-order valence-electron chi connectivity index (χ2n) is 11.9. The molecule has 0 saturated heterocycles. The number of benzene rings is 7. The van der Waals surface area contributed by atoms with Gasteiger partial charge in [-0.2, -0.15) is 5.26 Å².